The van der Waals surface area contributed by atoms with E-state index in [1.165, 1.54) is 5.56 Å². The fourth-order valence-corrected chi connectivity index (χ4v) is 3.19. The van der Waals surface area contributed by atoms with E-state index in [0.717, 1.165) is 6.42 Å². The highest BCUT2D eigenvalue weighted by Crippen LogP contribution is 2.34. The van der Waals surface area contributed by atoms with E-state index in [1.54, 1.807) is 17.8 Å². The van der Waals surface area contributed by atoms with Gasteiger partial charge in [0.1, 0.15) is 6.35 Å². The number of nitrogens with two attached hydrogens (primary N) is 1. The van der Waals surface area contributed by atoms with Gasteiger partial charge in [-0.15, -0.1) is 0 Å². The molecule has 0 spiro atoms. The average Bonchev–Trinajstić information content (AvgIpc) is 3.03. The average molecular weight is 406 g/mol. The van der Waals surface area contributed by atoms with E-state index < -0.39 is 20.0 Å². The highest BCUT2D eigenvalue weighted by atomic mass is 31.2. The SMILES string of the molecule is C[C@H](Cn1cnc2c(NCCc3ccccc3)nc(N)nc21)OCP(=O)(O)O. The molecule has 11 heteroatoms. The van der Waals surface area contributed by atoms with Crippen molar-refractivity contribution in [3.63, 3.8) is 0 Å². The molecule has 2 aromatic heterocycles. The molecule has 150 valence electrons. The van der Waals surface area contributed by atoms with Gasteiger partial charge < -0.3 is 30.1 Å². The first kappa shape index (κ1) is 20.2. The number of hydrogen-bond donors (Lipinski definition) is 4. The van der Waals surface area contributed by atoms with Crippen molar-refractivity contribution in [2.45, 2.75) is 26.0 Å². The number of nitrogens with zero attached hydrogens (tertiary/aromatic N) is 4. The van der Waals surface area contributed by atoms with Crippen LogP contribution in [0.2, 0.25) is 0 Å². The molecule has 0 amide bonds. The topological polar surface area (TPSA) is 148 Å². The van der Waals surface area contributed by atoms with Gasteiger partial charge in [-0.25, -0.2) is 4.98 Å². The van der Waals surface area contributed by atoms with Crippen LogP contribution in [0.15, 0.2) is 36.7 Å². The van der Waals surface area contributed by atoms with Crippen LogP contribution in [-0.2, 0) is 22.3 Å². The van der Waals surface area contributed by atoms with Gasteiger partial charge in [0.05, 0.1) is 19.0 Å². The number of fused-ring (bicyclic) bond motifs is 1. The summed E-state index contributed by atoms with van der Waals surface area (Å²) in [6.07, 6.45) is 1.32. The second kappa shape index (κ2) is 8.66. The van der Waals surface area contributed by atoms with Crippen molar-refractivity contribution in [1.82, 2.24) is 19.5 Å². The van der Waals surface area contributed by atoms with Crippen LogP contribution in [0.5, 0.6) is 0 Å². The molecule has 0 unspecified atom stereocenters. The molecule has 0 saturated carbocycles. The zero-order chi connectivity index (χ0) is 20.1. The van der Waals surface area contributed by atoms with Gasteiger partial charge in [-0.3, -0.25) is 4.57 Å². The van der Waals surface area contributed by atoms with Crippen LogP contribution in [-0.4, -0.2) is 48.3 Å². The summed E-state index contributed by atoms with van der Waals surface area (Å²) in [6.45, 7) is 2.69. The van der Waals surface area contributed by atoms with Gasteiger partial charge in [-0.05, 0) is 18.9 Å². The Balaban J connectivity index is 1.70. The summed E-state index contributed by atoms with van der Waals surface area (Å²) in [7, 11) is -4.21. The molecule has 0 saturated heterocycles. The second-order valence-corrected chi connectivity index (χ2v) is 8.02. The zero-order valence-corrected chi connectivity index (χ0v) is 16.3. The first-order valence-corrected chi connectivity index (χ1v) is 10.5. The summed E-state index contributed by atoms with van der Waals surface area (Å²) in [5.41, 5.74) is 8.15. The smallest absolute Gasteiger partial charge is 0.350 e. The number of ether oxygens (including phenoxy) is 1. The zero-order valence-electron chi connectivity index (χ0n) is 15.4. The molecular formula is C17H23N6O4P. The summed E-state index contributed by atoms with van der Waals surface area (Å²) in [5, 5.41) is 3.25. The van der Waals surface area contributed by atoms with Crippen molar-refractivity contribution in [3.05, 3.63) is 42.2 Å². The Bertz CT molecular complexity index is 974. The molecule has 1 atom stereocenters. The van der Waals surface area contributed by atoms with Gasteiger partial charge >= 0.3 is 7.60 Å². The number of nitrogen functional groups attached to an aromatic ring is 1. The lowest BCUT2D eigenvalue weighted by atomic mass is 10.1. The first-order chi connectivity index (χ1) is 13.3. The van der Waals surface area contributed by atoms with E-state index in [9.17, 15) is 4.57 Å². The van der Waals surface area contributed by atoms with Crippen LogP contribution in [0.1, 0.15) is 12.5 Å². The van der Waals surface area contributed by atoms with Crippen molar-refractivity contribution < 1.29 is 19.1 Å². The van der Waals surface area contributed by atoms with Crippen LogP contribution in [0.4, 0.5) is 11.8 Å². The number of benzene rings is 1. The minimum atomic E-state index is -4.21. The molecule has 2 heterocycles. The highest BCUT2D eigenvalue weighted by molar-refractivity contribution is 7.51. The Morgan fingerprint density at radius 1 is 1.29 bits per heavy atom. The summed E-state index contributed by atoms with van der Waals surface area (Å²) in [6, 6.07) is 10.1. The van der Waals surface area contributed by atoms with Gasteiger partial charge in [0.2, 0.25) is 5.95 Å². The maximum Gasteiger partial charge on any atom is 0.350 e. The van der Waals surface area contributed by atoms with Crippen molar-refractivity contribution in [3.8, 4) is 0 Å². The third-order valence-electron chi connectivity index (χ3n) is 4.01. The third-order valence-corrected chi connectivity index (χ3v) is 4.50. The van der Waals surface area contributed by atoms with E-state index >= 15 is 0 Å². The number of anilines is 2. The van der Waals surface area contributed by atoms with Crippen LogP contribution in [0, 0.1) is 0 Å². The summed E-state index contributed by atoms with van der Waals surface area (Å²) in [5.74, 6) is 0.654. The van der Waals surface area contributed by atoms with E-state index in [1.807, 2.05) is 18.2 Å². The molecular weight excluding hydrogens is 383 g/mol. The number of nitrogens with one attached hydrogen (secondary N) is 1. The number of aromatic nitrogens is 4. The van der Waals surface area contributed by atoms with Gasteiger partial charge in [0.25, 0.3) is 0 Å². The van der Waals surface area contributed by atoms with E-state index in [0.29, 0.717) is 30.1 Å². The molecule has 0 aliphatic carbocycles. The van der Waals surface area contributed by atoms with Crippen LogP contribution < -0.4 is 11.1 Å². The summed E-state index contributed by atoms with van der Waals surface area (Å²) >= 11 is 0. The Morgan fingerprint density at radius 3 is 2.75 bits per heavy atom. The predicted octanol–water partition coefficient (Wildman–Crippen LogP) is 1.60. The number of imidazole rings is 1. The van der Waals surface area contributed by atoms with Crippen LogP contribution >= 0.6 is 7.60 Å². The standard InChI is InChI=1S/C17H23N6O4P/c1-12(27-11-28(24,25)26)9-23-10-20-14-15(21-17(18)22-16(14)23)19-8-7-13-5-3-2-4-6-13/h2-6,10,12H,7-9,11H2,1H3,(H2,24,25,26)(H3,18,19,21,22)/t12-/m1/s1. The lowest BCUT2D eigenvalue weighted by Crippen LogP contribution is -2.17. The van der Waals surface area contributed by atoms with E-state index in [-0.39, 0.29) is 5.95 Å². The maximum atomic E-state index is 10.9. The maximum absolute atomic E-state index is 10.9. The fraction of sp³-hybridized carbons (Fsp3) is 0.353. The summed E-state index contributed by atoms with van der Waals surface area (Å²) in [4.78, 5) is 30.7. The number of hydrogen-bond acceptors (Lipinski definition) is 7. The molecule has 0 bridgehead atoms. The molecule has 5 N–H and O–H groups in total. The fourth-order valence-electron chi connectivity index (χ4n) is 2.74. The molecule has 3 rings (SSSR count). The first-order valence-electron chi connectivity index (χ1n) is 8.74. The van der Waals surface area contributed by atoms with E-state index in [4.69, 9.17) is 20.3 Å². The Kier molecular flexibility index (Phi) is 6.25. The normalized spacial score (nSPS) is 13.0. The lowest BCUT2D eigenvalue weighted by molar-refractivity contribution is 0.0764. The van der Waals surface area contributed by atoms with Crippen molar-refractivity contribution in [1.29, 1.82) is 0 Å². The van der Waals surface area contributed by atoms with E-state index in [2.05, 4.69) is 32.4 Å². The van der Waals surface area contributed by atoms with Crippen LogP contribution in [0.25, 0.3) is 11.2 Å². The molecule has 28 heavy (non-hydrogen) atoms. The Labute approximate surface area is 161 Å². The largest absolute Gasteiger partial charge is 0.368 e. The Hall–Kier alpha value is -2.52. The molecule has 0 aliphatic rings. The molecule has 10 nitrogen and oxygen atoms in total. The molecule has 3 aromatic rings. The minimum Gasteiger partial charge on any atom is -0.368 e. The highest BCUT2D eigenvalue weighted by Gasteiger charge is 2.18. The monoisotopic (exact) mass is 406 g/mol. The third kappa shape index (κ3) is 5.49. The molecule has 1 aromatic carbocycles. The van der Waals surface area contributed by atoms with Crippen molar-refractivity contribution in [2.24, 2.45) is 0 Å². The molecule has 0 fully saturated rings. The summed E-state index contributed by atoms with van der Waals surface area (Å²) < 4.78 is 17.9. The molecule has 0 aliphatic heterocycles. The Morgan fingerprint density at radius 2 is 2.04 bits per heavy atom. The van der Waals surface area contributed by atoms with Crippen LogP contribution in [0.3, 0.4) is 0 Å². The van der Waals surface area contributed by atoms with Gasteiger partial charge in [-0.2, -0.15) is 9.97 Å². The van der Waals surface area contributed by atoms with Crippen molar-refractivity contribution in [2.75, 3.05) is 23.9 Å². The minimum absolute atomic E-state index is 0.111. The quantitative estimate of drug-likeness (QED) is 0.389. The van der Waals surface area contributed by atoms with Gasteiger partial charge in [-0.1, -0.05) is 30.3 Å². The van der Waals surface area contributed by atoms with Crippen molar-refractivity contribution >= 4 is 30.5 Å². The van der Waals surface area contributed by atoms with Gasteiger partial charge in [0.15, 0.2) is 17.0 Å². The predicted molar refractivity (Wildman–Crippen MR) is 106 cm³/mol. The molecule has 0 radical (unpaired) electrons. The number of rotatable bonds is 9. The second-order valence-electron chi connectivity index (χ2n) is 6.43. The lowest BCUT2D eigenvalue weighted by Gasteiger charge is -2.14. The van der Waals surface area contributed by atoms with Gasteiger partial charge in [0, 0.05) is 6.54 Å².